The minimum atomic E-state index is 0.705. The number of benzene rings is 9. The molecule has 0 amide bonds. The van der Waals surface area contributed by atoms with Crippen LogP contribution in [0.2, 0.25) is 0 Å². The Hall–Kier alpha value is -7.62. The summed E-state index contributed by atoms with van der Waals surface area (Å²) in [5.74, 6) is 0.705. The molecule has 0 saturated carbocycles. The SMILES string of the molecule is c1ccc(-c2cc(-c3ccc(-c4ccc5oc6ccccc6c5c4-c4ccc(-c5ccc6ccc7ccccc7c6c5)cc4)cc3)nc(-c3ccccc3)n2)cc1. The van der Waals surface area contributed by atoms with Crippen LogP contribution >= 0.6 is 0 Å². The first-order valence-electron chi connectivity index (χ1n) is 19.3. The van der Waals surface area contributed by atoms with E-state index in [0.29, 0.717) is 5.82 Å². The van der Waals surface area contributed by atoms with Gasteiger partial charge in [0.05, 0.1) is 11.4 Å². The highest BCUT2D eigenvalue weighted by Gasteiger charge is 2.19. The van der Waals surface area contributed by atoms with Crippen LogP contribution in [0.4, 0.5) is 0 Å². The predicted octanol–water partition coefficient (Wildman–Crippen LogP) is 14.7. The van der Waals surface area contributed by atoms with Crippen molar-refractivity contribution in [3.05, 3.63) is 206 Å². The van der Waals surface area contributed by atoms with Gasteiger partial charge in [-0.05, 0) is 73.6 Å². The van der Waals surface area contributed by atoms with Crippen molar-refractivity contribution < 1.29 is 4.42 Å². The molecular formula is C54H34N2O. The van der Waals surface area contributed by atoms with Gasteiger partial charge in [0.2, 0.25) is 0 Å². The number of rotatable bonds is 6. The standard InChI is InChI=1S/C54H34N2O/c1-3-12-39(13-4-1)48-34-49(56-54(55-48)42-14-5-2-6-15-42)40-26-23-37(24-27-40)45-31-32-51-53(46-17-9-10-18-50(46)57-51)52(45)41-28-19-35(20-29-41)43-30-25-38-22-21-36-11-7-8-16-44(36)47(38)33-43/h1-34H. The second-order valence-electron chi connectivity index (χ2n) is 14.5. The first-order valence-corrected chi connectivity index (χ1v) is 19.3. The molecule has 0 aliphatic rings. The third-order valence-corrected chi connectivity index (χ3v) is 11.1. The number of hydrogen-bond donors (Lipinski definition) is 0. The minimum absolute atomic E-state index is 0.705. The van der Waals surface area contributed by atoms with Crippen molar-refractivity contribution in [2.24, 2.45) is 0 Å². The fraction of sp³-hybridized carbons (Fsp3) is 0. The quantitative estimate of drug-likeness (QED) is 0.160. The van der Waals surface area contributed by atoms with Crippen LogP contribution in [-0.2, 0) is 0 Å². The van der Waals surface area contributed by atoms with Crippen molar-refractivity contribution in [1.29, 1.82) is 0 Å². The first-order chi connectivity index (χ1) is 28.2. The van der Waals surface area contributed by atoms with E-state index in [4.69, 9.17) is 14.4 Å². The van der Waals surface area contributed by atoms with E-state index in [1.807, 2.05) is 42.5 Å². The number of nitrogens with zero attached hydrogens (tertiary/aromatic N) is 2. The lowest BCUT2D eigenvalue weighted by Crippen LogP contribution is -1.96. The molecule has 0 spiro atoms. The second kappa shape index (κ2) is 13.6. The highest BCUT2D eigenvalue weighted by Crippen LogP contribution is 2.44. The number of para-hydroxylation sites is 1. The molecule has 0 N–H and O–H groups in total. The van der Waals surface area contributed by atoms with Crippen molar-refractivity contribution in [3.63, 3.8) is 0 Å². The third-order valence-electron chi connectivity index (χ3n) is 11.1. The summed E-state index contributed by atoms with van der Waals surface area (Å²) in [5, 5.41) is 7.27. The molecule has 0 bridgehead atoms. The first kappa shape index (κ1) is 32.8. The molecule has 11 aromatic rings. The molecule has 0 aliphatic heterocycles. The van der Waals surface area contributed by atoms with Gasteiger partial charge in [-0.2, -0.15) is 0 Å². The maximum Gasteiger partial charge on any atom is 0.160 e. The van der Waals surface area contributed by atoms with E-state index in [1.165, 1.54) is 32.7 Å². The zero-order chi connectivity index (χ0) is 37.7. The molecule has 0 saturated heterocycles. The van der Waals surface area contributed by atoms with E-state index in [9.17, 15) is 0 Å². The summed E-state index contributed by atoms with van der Waals surface area (Å²) >= 11 is 0. The number of furan rings is 1. The maximum atomic E-state index is 6.43. The Labute approximate surface area is 330 Å². The van der Waals surface area contributed by atoms with Crippen LogP contribution in [0.15, 0.2) is 211 Å². The third kappa shape index (κ3) is 5.85. The minimum Gasteiger partial charge on any atom is -0.456 e. The highest BCUT2D eigenvalue weighted by atomic mass is 16.3. The second-order valence-corrected chi connectivity index (χ2v) is 14.5. The van der Waals surface area contributed by atoms with Gasteiger partial charge < -0.3 is 4.42 Å². The van der Waals surface area contributed by atoms with Crippen LogP contribution in [-0.4, -0.2) is 9.97 Å². The van der Waals surface area contributed by atoms with E-state index < -0.39 is 0 Å². The number of hydrogen-bond acceptors (Lipinski definition) is 3. The zero-order valence-corrected chi connectivity index (χ0v) is 30.9. The molecule has 2 aromatic heterocycles. The van der Waals surface area contributed by atoms with E-state index >= 15 is 0 Å². The van der Waals surface area contributed by atoms with Gasteiger partial charge in [0.25, 0.3) is 0 Å². The zero-order valence-electron chi connectivity index (χ0n) is 30.9. The fourth-order valence-corrected chi connectivity index (χ4v) is 8.26. The molecule has 9 aromatic carbocycles. The van der Waals surface area contributed by atoms with E-state index in [1.54, 1.807) is 0 Å². The molecule has 11 rings (SSSR count). The van der Waals surface area contributed by atoms with Gasteiger partial charge in [-0.1, -0.05) is 182 Å². The molecule has 0 fully saturated rings. The maximum absolute atomic E-state index is 6.43. The van der Waals surface area contributed by atoms with E-state index in [0.717, 1.165) is 72.3 Å². The summed E-state index contributed by atoms with van der Waals surface area (Å²) in [6.07, 6.45) is 0. The lowest BCUT2D eigenvalue weighted by molar-refractivity contribution is 0.669. The molecule has 266 valence electrons. The lowest BCUT2D eigenvalue weighted by atomic mass is 9.89. The van der Waals surface area contributed by atoms with Crippen LogP contribution in [0.25, 0.3) is 111 Å². The smallest absolute Gasteiger partial charge is 0.160 e. The Kier molecular flexibility index (Phi) is 7.82. The average molecular weight is 727 g/mol. The number of aromatic nitrogens is 2. The molecular weight excluding hydrogens is 693 g/mol. The normalized spacial score (nSPS) is 11.5. The van der Waals surface area contributed by atoms with Crippen LogP contribution < -0.4 is 0 Å². The largest absolute Gasteiger partial charge is 0.456 e. The number of fused-ring (bicyclic) bond motifs is 6. The van der Waals surface area contributed by atoms with E-state index in [2.05, 4.69) is 164 Å². The van der Waals surface area contributed by atoms with Gasteiger partial charge in [0, 0.05) is 33.0 Å². The van der Waals surface area contributed by atoms with Gasteiger partial charge in [0.1, 0.15) is 11.2 Å². The lowest BCUT2D eigenvalue weighted by Gasteiger charge is -2.14. The fourth-order valence-electron chi connectivity index (χ4n) is 8.26. The van der Waals surface area contributed by atoms with Crippen LogP contribution in [0, 0.1) is 0 Å². The Morgan fingerprint density at radius 3 is 1.61 bits per heavy atom. The van der Waals surface area contributed by atoms with Crippen LogP contribution in [0.3, 0.4) is 0 Å². The summed E-state index contributed by atoms with van der Waals surface area (Å²) in [7, 11) is 0. The predicted molar refractivity (Wildman–Crippen MR) is 237 cm³/mol. The van der Waals surface area contributed by atoms with Crippen molar-refractivity contribution in [1.82, 2.24) is 9.97 Å². The Morgan fingerprint density at radius 1 is 0.316 bits per heavy atom. The van der Waals surface area contributed by atoms with E-state index in [-0.39, 0.29) is 0 Å². The molecule has 3 heteroatoms. The van der Waals surface area contributed by atoms with Crippen LogP contribution in [0.1, 0.15) is 0 Å². The van der Waals surface area contributed by atoms with Gasteiger partial charge >= 0.3 is 0 Å². The molecule has 3 nitrogen and oxygen atoms in total. The van der Waals surface area contributed by atoms with Crippen molar-refractivity contribution >= 4 is 43.5 Å². The van der Waals surface area contributed by atoms with Crippen molar-refractivity contribution in [2.45, 2.75) is 0 Å². The Balaban J connectivity index is 1.02. The molecule has 0 aliphatic carbocycles. The highest BCUT2D eigenvalue weighted by molar-refractivity contribution is 6.16. The summed E-state index contributed by atoms with van der Waals surface area (Å²) in [6.45, 7) is 0. The average Bonchev–Trinajstić information content (AvgIpc) is 3.68. The van der Waals surface area contributed by atoms with Crippen LogP contribution in [0.5, 0.6) is 0 Å². The van der Waals surface area contributed by atoms with Crippen molar-refractivity contribution in [2.75, 3.05) is 0 Å². The van der Waals surface area contributed by atoms with Gasteiger partial charge in [0.15, 0.2) is 5.82 Å². The summed E-state index contributed by atoms with van der Waals surface area (Å²) < 4.78 is 6.43. The molecule has 0 radical (unpaired) electrons. The molecule has 0 atom stereocenters. The summed E-state index contributed by atoms with van der Waals surface area (Å²) in [5.41, 5.74) is 13.5. The molecule has 2 heterocycles. The monoisotopic (exact) mass is 726 g/mol. The summed E-state index contributed by atoms with van der Waals surface area (Å²) in [4.78, 5) is 10.1. The van der Waals surface area contributed by atoms with Gasteiger partial charge in [-0.25, -0.2) is 9.97 Å². The van der Waals surface area contributed by atoms with Crippen molar-refractivity contribution in [3.8, 4) is 67.3 Å². The topological polar surface area (TPSA) is 38.9 Å². The molecule has 57 heavy (non-hydrogen) atoms. The Bertz CT molecular complexity index is 3200. The van der Waals surface area contributed by atoms with Gasteiger partial charge in [-0.15, -0.1) is 0 Å². The van der Waals surface area contributed by atoms with Gasteiger partial charge in [-0.3, -0.25) is 0 Å². The summed E-state index contributed by atoms with van der Waals surface area (Å²) in [6, 6.07) is 72.8. The Morgan fingerprint density at radius 2 is 0.860 bits per heavy atom. The molecule has 0 unspecified atom stereocenters.